The third kappa shape index (κ3) is 2.56. The van der Waals surface area contributed by atoms with Crippen LogP contribution in [0.4, 0.5) is 0 Å². The van der Waals surface area contributed by atoms with Crippen LogP contribution >= 0.6 is 34.6 Å². The van der Waals surface area contributed by atoms with E-state index in [0.717, 1.165) is 32.4 Å². The van der Waals surface area contributed by atoms with Gasteiger partial charge in [-0.25, -0.2) is 4.98 Å². The van der Waals surface area contributed by atoms with Gasteiger partial charge < -0.3 is 4.57 Å². The van der Waals surface area contributed by atoms with Crippen molar-refractivity contribution in [3.63, 3.8) is 0 Å². The van der Waals surface area contributed by atoms with Gasteiger partial charge in [0, 0.05) is 13.5 Å². The first-order chi connectivity index (χ1) is 9.28. The SMILES string of the molecule is CCc1nsc(Sc2nnc(-c3cccs3)n2C)n1. The molecule has 0 N–H and O–H groups in total. The van der Waals surface area contributed by atoms with Gasteiger partial charge in [0.25, 0.3) is 0 Å². The van der Waals surface area contributed by atoms with Gasteiger partial charge in [0.15, 0.2) is 15.3 Å². The third-order valence-corrected chi connectivity index (χ3v) is 5.21. The Morgan fingerprint density at radius 3 is 2.95 bits per heavy atom. The molecular weight excluding hydrogens is 298 g/mol. The zero-order valence-electron chi connectivity index (χ0n) is 10.4. The second-order valence-corrected chi connectivity index (χ2v) is 6.69. The van der Waals surface area contributed by atoms with Crippen molar-refractivity contribution in [3.05, 3.63) is 23.3 Å². The Morgan fingerprint density at radius 2 is 2.26 bits per heavy atom. The molecule has 19 heavy (non-hydrogen) atoms. The van der Waals surface area contributed by atoms with E-state index >= 15 is 0 Å². The fourth-order valence-electron chi connectivity index (χ4n) is 1.53. The monoisotopic (exact) mass is 309 g/mol. The summed E-state index contributed by atoms with van der Waals surface area (Å²) in [7, 11) is 1.97. The lowest BCUT2D eigenvalue weighted by molar-refractivity contribution is 0.794. The maximum Gasteiger partial charge on any atom is 0.198 e. The first kappa shape index (κ1) is 12.8. The molecule has 3 aromatic rings. The summed E-state index contributed by atoms with van der Waals surface area (Å²) in [4.78, 5) is 5.55. The van der Waals surface area contributed by atoms with Gasteiger partial charge in [0.2, 0.25) is 0 Å². The fourth-order valence-corrected chi connectivity index (χ4v) is 3.87. The van der Waals surface area contributed by atoms with E-state index in [1.54, 1.807) is 11.3 Å². The van der Waals surface area contributed by atoms with Gasteiger partial charge in [0.05, 0.1) is 4.88 Å². The Balaban J connectivity index is 1.86. The maximum atomic E-state index is 4.43. The van der Waals surface area contributed by atoms with E-state index in [1.807, 2.05) is 36.1 Å². The summed E-state index contributed by atoms with van der Waals surface area (Å²) < 4.78 is 7.17. The molecule has 5 nitrogen and oxygen atoms in total. The molecule has 3 aromatic heterocycles. The van der Waals surface area contributed by atoms with E-state index in [-0.39, 0.29) is 0 Å². The molecule has 0 unspecified atom stereocenters. The molecule has 0 aliphatic rings. The molecule has 98 valence electrons. The smallest absolute Gasteiger partial charge is 0.198 e. The predicted molar refractivity (Wildman–Crippen MR) is 77.7 cm³/mol. The van der Waals surface area contributed by atoms with Gasteiger partial charge in [-0.1, -0.05) is 13.0 Å². The lowest BCUT2D eigenvalue weighted by Crippen LogP contribution is -1.93. The Morgan fingerprint density at radius 1 is 1.37 bits per heavy atom. The number of nitrogens with zero attached hydrogens (tertiary/aromatic N) is 5. The zero-order valence-corrected chi connectivity index (χ0v) is 12.8. The Labute approximate surface area is 122 Å². The topological polar surface area (TPSA) is 56.5 Å². The van der Waals surface area contributed by atoms with Crippen LogP contribution in [0.5, 0.6) is 0 Å². The lowest BCUT2D eigenvalue weighted by Gasteiger charge is -1.99. The molecule has 3 rings (SSSR count). The zero-order chi connectivity index (χ0) is 13.2. The molecular formula is C11H11N5S3. The van der Waals surface area contributed by atoms with Crippen LogP contribution in [0.3, 0.4) is 0 Å². The van der Waals surface area contributed by atoms with Crippen LogP contribution in [0, 0.1) is 0 Å². The van der Waals surface area contributed by atoms with Crippen molar-refractivity contribution in [2.75, 3.05) is 0 Å². The minimum atomic E-state index is 0.835. The average Bonchev–Trinajstić information content (AvgIpc) is 3.12. The van der Waals surface area contributed by atoms with Crippen LogP contribution in [-0.4, -0.2) is 24.1 Å². The van der Waals surface area contributed by atoms with Crippen molar-refractivity contribution < 1.29 is 0 Å². The molecule has 0 radical (unpaired) electrons. The summed E-state index contributed by atoms with van der Waals surface area (Å²) in [5.74, 6) is 1.77. The van der Waals surface area contributed by atoms with Gasteiger partial charge in [-0.15, -0.1) is 21.5 Å². The fraction of sp³-hybridized carbons (Fsp3) is 0.273. The molecule has 3 heterocycles. The molecule has 8 heteroatoms. The molecule has 0 aliphatic carbocycles. The average molecular weight is 309 g/mol. The minimum Gasteiger partial charge on any atom is -0.304 e. The Bertz CT molecular complexity index is 670. The van der Waals surface area contributed by atoms with E-state index in [2.05, 4.69) is 19.6 Å². The van der Waals surface area contributed by atoms with Crippen molar-refractivity contribution in [2.24, 2.45) is 7.05 Å². The molecule has 0 atom stereocenters. The third-order valence-electron chi connectivity index (χ3n) is 2.52. The first-order valence-electron chi connectivity index (χ1n) is 5.71. The van der Waals surface area contributed by atoms with Crippen LogP contribution in [0.15, 0.2) is 27.0 Å². The van der Waals surface area contributed by atoms with Gasteiger partial charge >= 0.3 is 0 Å². The van der Waals surface area contributed by atoms with Crippen LogP contribution in [-0.2, 0) is 13.5 Å². The Hall–Kier alpha value is -1.25. The standard InChI is InChI=1S/C11H11N5S3/c1-3-8-12-11(19-15-8)18-10-14-13-9(16(10)2)7-5-4-6-17-7/h4-6H,3H2,1-2H3. The van der Waals surface area contributed by atoms with Crippen molar-refractivity contribution in [2.45, 2.75) is 22.8 Å². The van der Waals surface area contributed by atoms with Crippen molar-refractivity contribution in [1.29, 1.82) is 0 Å². The summed E-state index contributed by atoms with van der Waals surface area (Å²) in [5.41, 5.74) is 0. The molecule has 0 saturated carbocycles. The molecule has 0 spiro atoms. The van der Waals surface area contributed by atoms with Crippen LogP contribution in [0.2, 0.25) is 0 Å². The second-order valence-electron chi connectivity index (χ2n) is 3.77. The number of hydrogen-bond acceptors (Lipinski definition) is 7. The number of aryl methyl sites for hydroxylation is 1. The highest BCUT2D eigenvalue weighted by molar-refractivity contribution is 8.00. The summed E-state index contributed by atoms with van der Waals surface area (Å²) in [6.45, 7) is 2.05. The number of aromatic nitrogens is 5. The summed E-state index contributed by atoms with van der Waals surface area (Å²) in [6, 6.07) is 4.06. The predicted octanol–water partition coefficient (Wildman–Crippen LogP) is 3.11. The molecule has 0 bridgehead atoms. The van der Waals surface area contributed by atoms with Gasteiger partial charge in [-0.3, -0.25) is 0 Å². The minimum absolute atomic E-state index is 0.835. The number of thiophene rings is 1. The molecule has 0 aliphatic heterocycles. The van der Waals surface area contributed by atoms with E-state index in [9.17, 15) is 0 Å². The number of hydrogen-bond donors (Lipinski definition) is 0. The van der Waals surface area contributed by atoms with Gasteiger partial charge in [0.1, 0.15) is 5.82 Å². The molecule has 0 aromatic carbocycles. The number of rotatable bonds is 4. The van der Waals surface area contributed by atoms with E-state index < -0.39 is 0 Å². The van der Waals surface area contributed by atoms with Gasteiger partial charge in [-0.05, 0) is 34.7 Å². The van der Waals surface area contributed by atoms with E-state index in [1.165, 1.54) is 23.3 Å². The van der Waals surface area contributed by atoms with Gasteiger partial charge in [-0.2, -0.15) is 4.37 Å². The summed E-state index contributed by atoms with van der Waals surface area (Å²) >= 11 is 4.57. The second kappa shape index (κ2) is 5.40. The van der Waals surface area contributed by atoms with Crippen LogP contribution in [0.25, 0.3) is 10.7 Å². The normalized spacial score (nSPS) is 11.1. The summed E-state index contributed by atoms with van der Waals surface area (Å²) in [6.07, 6.45) is 0.857. The molecule has 0 saturated heterocycles. The van der Waals surface area contributed by atoms with Crippen molar-refractivity contribution >= 4 is 34.6 Å². The quantitative estimate of drug-likeness (QED) is 0.741. The largest absolute Gasteiger partial charge is 0.304 e. The summed E-state index contributed by atoms with van der Waals surface area (Å²) in [5, 5.41) is 11.3. The van der Waals surface area contributed by atoms with Crippen LogP contribution < -0.4 is 0 Å². The highest BCUT2D eigenvalue weighted by Gasteiger charge is 2.14. The highest BCUT2D eigenvalue weighted by atomic mass is 32.2. The highest BCUT2D eigenvalue weighted by Crippen LogP contribution is 2.30. The van der Waals surface area contributed by atoms with E-state index in [0.29, 0.717) is 0 Å². The lowest BCUT2D eigenvalue weighted by atomic mass is 10.4. The molecule has 0 amide bonds. The first-order valence-corrected chi connectivity index (χ1v) is 8.18. The van der Waals surface area contributed by atoms with Crippen molar-refractivity contribution in [3.8, 4) is 10.7 Å². The van der Waals surface area contributed by atoms with Crippen LogP contribution in [0.1, 0.15) is 12.7 Å². The molecule has 0 fully saturated rings. The van der Waals surface area contributed by atoms with E-state index in [4.69, 9.17) is 0 Å². The maximum absolute atomic E-state index is 4.43. The van der Waals surface area contributed by atoms with Crippen molar-refractivity contribution in [1.82, 2.24) is 24.1 Å². The Kier molecular flexibility index (Phi) is 3.63.